The van der Waals surface area contributed by atoms with Gasteiger partial charge in [-0.2, -0.15) is 5.10 Å². The van der Waals surface area contributed by atoms with E-state index in [2.05, 4.69) is 10.3 Å². The van der Waals surface area contributed by atoms with Gasteiger partial charge >= 0.3 is 0 Å². The van der Waals surface area contributed by atoms with Gasteiger partial charge in [-0.15, -0.1) is 12.4 Å². The largest absolute Gasteiger partial charge is 0.309 e. The lowest BCUT2D eigenvalue weighted by Gasteiger charge is -2.16. The molecule has 0 amide bonds. The fraction of sp³-hybridized carbons (Fsp3) is 0.222. The lowest BCUT2D eigenvalue weighted by Crippen LogP contribution is -2.28. The number of benzene rings is 1. The molecule has 0 spiro atoms. The van der Waals surface area contributed by atoms with E-state index in [1.54, 1.807) is 18.5 Å². The fourth-order valence-corrected chi connectivity index (χ4v) is 3.08. The molecule has 0 radical (unpaired) electrons. The molecule has 1 N–H and O–H groups in total. The summed E-state index contributed by atoms with van der Waals surface area (Å²) in [6.45, 7) is 4.29. The number of rotatable bonds is 2. The van der Waals surface area contributed by atoms with Crippen LogP contribution in [0.1, 0.15) is 11.3 Å². The Labute approximate surface area is 146 Å². The van der Waals surface area contributed by atoms with Crippen molar-refractivity contribution in [3.63, 3.8) is 0 Å². The van der Waals surface area contributed by atoms with Crippen LogP contribution in [0.5, 0.6) is 0 Å². The molecule has 1 aliphatic heterocycles. The molecule has 0 saturated heterocycles. The van der Waals surface area contributed by atoms with Crippen LogP contribution in [-0.4, -0.2) is 21.3 Å². The van der Waals surface area contributed by atoms with E-state index in [1.807, 2.05) is 35.9 Å². The second kappa shape index (κ2) is 6.71. The van der Waals surface area contributed by atoms with Gasteiger partial charge in [-0.1, -0.05) is 6.07 Å². The number of aromatic nitrogens is 3. The van der Waals surface area contributed by atoms with Gasteiger partial charge in [0.15, 0.2) is 0 Å². The lowest BCUT2D eigenvalue weighted by molar-refractivity contribution is 0.477. The van der Waals surface area contributed by atoms with Crippen LogP contribution in [0.15, 0.2) is 42.7 Å². The minimum absolute atomic E-state index is 0. The highest BCUT2D eigenvalue weighted by Gasteiger charge is 2.23. The maximum Gasteiger partial charge on any atom is 0.132 e. The minimum Gasteiger partial charge on any atom is -0.309 e. The van der Waals surface area contributed by atoms with E-state index in [0.717, 1.165) is 42.0 Å². The predicted octanol–water partition coefficient (Wildman–Crippen LogP) is 3.58. The van der Waals surface area contributed by atoms with Crippen molar-refractivity contribution in [3.05, 3.63) is 59.8 Å². The Kier molecular flexibility index (Phi) is 4.64. The van der Waals surface area contributed by atoms with Gasteiger partial charge in [-0.05, 0) is 42.3 Å². The van der Waals surface area contributed by atoms with Crippen LogP contribution in [0.4, 0.5) is 4.39 Å². The molecule has 4 rings (SSSR count). The number of fused-ring (bicyclic) bond motifs is 1. The second-order valence-corrected chi connectivity index (χ2v) is 5.79. The summed E-state index contributed by atoms with van der Waals surface area (Å²) in [5.41, 5.74) is 5.25. The summed E-state index contributed by atoms with van der Waals surface area (Å²) in [6, 6.07) is 9.19. The first kappa shape index (κ1) is 16.6. The number of hydrogen-bond donors (Lipinski definition) is 1. The van der Waals surface area contributed by atoms with Crippen molar-refractivity contribution in [1.82, 2.24) is 20.1 Å². The van der Waals surface area contributed by atoms with Gasteiger partial charge in [0.1, 0.15) is 11.5 Å². The molecule has 0 unspecified atom stereocenters. The highest BCUT2D eigenvalue weighted by Crippen LogP contribution is 2.36. The van der Waals surface area contributed by atoms with Crippen LogP contribution in [0, 0.1) is 12.7 Å². The van der Waals surface area contributed by atoms with Crippen LogP contribution in [0.3, 0.4) is 0 Å². The van der Waals surface area contributed by atoms with Crippen LogP contribution in [-0.2, 0) is 13.1 Å². The van der Waals surface area contributed by atoms with Crippen LogP contribution in [0.25, 0.3) is 22.4 Å². The molecule has 2 aromatic heterocycles. The molecule has 0 bridgehead atoms. The number of aryl methyl sites for hydroxylation is 1. The number of nitrogens with one attached hydrogen (secondary N) is 1. The Morgan fingerprint density at radius 3 is 2.71 bits per heavy atom. The highest BCUT2D eigenvalue weighted by atomic mass is 35.5. The Bertz CT molecular complexity index is 861. The molecule has 3 heterocycles. The molecule has 3 aromatic rings. The fourth-order valence-electron chi connectivity index (χ4n) is 3.08. The lowest BCUT2D eigenvalue weighted by atomic mass is 9.98. The average Bonchev–Trinajstić information content (AvgIpc) is 2.94. The van der Waals surface area contributed by atoms with E-state index in [-0.39, 0.29) is 18.2 Å². The summed E-state index contributed by atoms with van der Waals surface area (Å²) >= 11 is 0. The zero-order valence-electron chi connectivity index (χ0n) is 13.3. The quantitative estimate of drug-likeness (QED) is 0.772. The van der Waals surface area contributed by atoms with Crippen LogP contribution < -0.4 is 5.32 Å². The Balaban J connectivity index is 0.00000169. The van der Waals surface area contributed by atoms with Crippen LogP contribution in [0.2, 0.25) is 0 Å². The molecular weight excluding hydrogens is 327 g/mol. The van der Waals surface area contributed by atoms with Crippen molar-refractivity contribution in [2.24, 2.45) is 0 Å². The van der Waals surface area contributed by atoms with E-state index in [4.69, 9.17) is 5.10 Å². The van der Waals surface area contributed by atoms with Crippen molar-refractivity contribution < 1.29 is 4.39 Å². The molecule has 124 valence electrons. The zero-order chi connectivity index (χ0) is 15.8. The molecule has 0 atom stereocenters. The van der Waals surface area contributed by atoms with E-state index in [9.17, 15) is 4.39 Å². The second-order valence-electron chi connectivity index (χ2n) is 5.79. The summed E-state index contributed by atoms with van der Waals surface area (Å²) in [6.07, 6.45) is 3.51. The molecule has 1 aliphatic rings. The van der Waals surface area contributed by atoms with Gasteiger partial charge in [0.25, 0.3) is 0 Å². The first-order chi connectivity index (χ1) is 11.2. The van der Waals surface area contributed by atoms with E-state index < -0.39 is 0 Å². The maximum absolute atomic E-state index is 14.5. The van der Waals surface area contributed by atoms with Gasteiger partial charge in [-0.25, -0.2) is 4.39 Å². The summed E-state index contributed by atoms with van der Waals surface area (Å²) in [7, 11) is 0. The molecular formula is C18H18ClFN4. The third kappa shape index (κ3) is 2.81. The summed E-state index contributed by atoms with van der Waals surface area (Å²) in [5.74, 6) is -0.233. The zero-order valence-corrected chi connectivity index (χ0v) is 14.1. The van der Waals surface area contributed by atoms with E-state index in [0.29, 0.717) is 11.3 Å². The molecule has 24 heavy (non-hydrogen) atoms. The summed E-state index contributed by atoms with van der Waals surface area (Å²) in [5, 5.41) is 8.07. The maximum atomic E-state index is 14.5. The molecule has 6 heteroatoms. The number of nitrogens with zero attached hydrogens (tertiary/aromatic N) is 3. The molecule has 1 aromatic carbocycles. The molecule has 0 saturated carbocycles. The van der Waals surface area contributed by atoms with Gasteiger partial charge in [0.2, 0.25) is 0 Å². The minimum atomic E-state index is -0.233. The van der Waals surface area contributed by atoms with E-state index >= 15 is 0 Å². The average molecular weight is 345 g/mol. The molecule has 0 aliphatic carbocycles. The standard InChI is InChI=1S/C18H17FN4.ClH/c1-12-2-3-14(15(19)10-12)18-17(13-4-6-20-7-5-13)16-11-21-8-9-23(16)22-18;/h2-7,10,21H,8-9,11H2,1H3;1H. The van der Waals surface area contributed by atoms with E-state index in [1.165, 1.54) is 0 Å². The van der Waals surface area contributed by atoms with Gasteiger partial charge in [0.05, 0.1) is 12.2 Å². The predicted molar refractivity (Wildman–Crippen MR) is 94.5 cm³/mol. The summed E-state index contributed by atoms with van der Waals surface area (Å²) in [4.78, 5) is 4.08. The van der Waals surface area contributed by atoms with Crippen molar-refractivity contribution in [2.75, 3.05) is 6.54 Å². The molecule has 4 nitrogen and oxygen atoms in total. The number of halogens is 2. The van der Waals surface area contributed by atoms with Crippen molar-refractivity contribution in [3.8, 4) is 22.4 Å². The molecule has 0 fully saturated rings. The monoisotopic (exact) mass is 344 g/mol. The van der Waals surface area contributed by atoms with Crippen LogP contribution >= 0.6 is 12.4 Å². The van der Waals surface area contributed by atoms with Crippen molar-refractivity contribution in [2.45, 2.75) is 20.0 Å². The van der Waals surface area contributed by atoms with Gasteiger partial charge in [0, 0.05) is 36.6 Å². The topological polar surface area (TPSA) is 42.7 Å². The highest BCUT2D eigenvalue weighted by molar-refractivity contribution is 5.85. The smallest absolute Gasteiger partial charge is 0.132 e. The van der Waals surface area contributed by atoms with Gasteiger partial charge < -0.3 is 5.32 Å². The van der Waals surface area contributed by atoms with Crippen molar-refractivity contribution >= 4 is 12.4 Å². The Morgan fingerprint density at radius 1 is 1.17 bits per heavy atom. The Hall–Kier alpha value is -2.24. The van der Waals surface area contributed by atoms with Crippen molar-refractivity contribution in [1.29, 1.82) is 0 Å². The third-order valence-electron chi connectivity index (χ3n) is 4.20. The third-order valence-corrected chi connectivity index (χ3v) is 4.20. The first-order valence-electron chi connectivity index (χ1n) is 7.71. The normalized spacial score (nSPS) is 13.2. The Morgan fingerprint density at radius 2 is 1.96 bits per heavy atom. The first-order valence-corrected chi connectivity index (χ1v) is 7.71. The number of pyridine rings is 1. The number of hydrogen-bond acceptors (Lipinski definition) is 3. The SMILES string of the molecule is Cc1ccc(-c2nn3c(c2-c2ccncc2)CNCC3)c(F)c1.Cl. The van der Waals surface area contributed by atoms with Gasteiger partial charge in [-0.3, -0.25) is 9.67 Å². The summed E-state index contributed by atoms with van der Waals surface area (Å²) < 4.78 is 16.5.